The Morgan fingerprint density at radius 3 is 2.79 bits per heavy atom. The fourth-order valence-electron chi connectivity index (χ4n) is 2.87. The van der Waals surface area contributed by atoms with Crippen LogP contribution >= 0.6 is 0 Å². The number of fused-ring (bicyclic) bond motifs is 1. The Kier molecular flexibility index (Phi) is 4.99. The van der Waals surface area contributed by atoms with E-state index >= 15 is 0 Å². The largest absolute Gasteiger partial charge is 0.493 e. The van der Waals surface area contributed by atoms with E-state index in [-0.39, 0.29) is 24.8 Å². The molecule has 0 bridgehead atoms. The zero-order chi connectivity index (χ0) is 16.9. The molecule has 2 aromatic rings. The van der Waals surface area contributed by atoms with Crippen molar-refractivity contribution in [2.45, 2.75) is 19.8 Å². The number of hydrogen-bond donors (Lipinski definition) is 1. The average Bonchev–Trinajstić information content (AvgIpc) is 2.99. The highest BCUT2D eigenvalue weighted by Gasteiger charge is 2.18. The first-order valence-corrected chi connectivity index (χ1v) is 8.22. The van der Waals surface area contributed by atoms with E-state index in [9.17, 15) is 9.18 Å². The van der Waals surface area contributed by atoms with Gasteiger partial charge in [-0.2, -0.15) is 0 Å². The molecule has 24 heavy (non-hydrogen) atoms. The summed E-state index contributed by atoms with van der Waals surface area (Å²) in [6.45, 7) is 4.39. The van der Waals surface area contributed by atoms with Crippen molar-refractivity contribution in [3.8, 4) is 5.75 Å². The number of carbonyl (C=O) groups excluding carboxylic acids is 1. The summed E-state index contributed by atoms with van der Waals surface area (Å²) in [5.74, 6) is 0.149. The van der Waals surface area contributed by atoms with Crippen LogP contribution in [-0.2, 0) is 11.2 Å². The average molecular weight is 328 g/mol. The van der Waals surface area contributed by atoms with Crippen LogP contribution in [-0.4, -0.2) is 25.6 Å². The number of nitrogens with zero attached hydrogens (tertiary/aromatic N) is 1. The molecule has 3 rings (SSSR count). The van der Waals surface area contributed by atoms with Crippen molar-refractivity contribution in [1.29, 1.82) is 0 Å². The predicted molar refractivity (Wildman–Crippen MR) is 93.2 cm³/mol. The van der Waals surface area contributed by atoms with Crippen LogP contribution in [0.15, 0.2) is 42.5 Å². The molecule has 5 heteroatoms. The van der Waals surface area contributed by atoms with Gasteiger partial charge in [0.15, 0.2) is 0 Å². The van der Waals surface area contributed by atoms with Crippen molar-refractivity contribution in [2.75, 3.05) is 29.9 Å². The quantitative estimate of drug-likeness (QED) is 0.881. The molecular formula is C19H21FN2O2. The van der Waals surface area contributed by atoms with Crippen LogP contribution in [0.4, 0.5) is 15.8 Å². The molecule has 126 valence electrons. The van der Waals surface area contributed by atoms with Gasteiger partial charge in [0.1, 0.15) is 11.6 Å². The van der Waals surface area contributed by atoms with Gasteiger partial charge in [-0.15, -0.1) is 0 Å². The van der Waals surface area contributed by atoms with E-state index in [4.69, 9.17) is 4.74 Å². The van der Waals surface area contributed by atoms with E-state index in [1.807, 2.05) is 12.1 Å². The highest BCUT2D eigenvalue weighted by atomic mass is 19.1. The number of hydrogen-bond acceptors (Lipinski definition) is 3. The minimum Gasteiger partial charge on any atom is -0.493 e. The highest BCUT2D eigenvalue weighted by Crippen LogP contribution is 2.30. The molecule has 4 nitrogen and oxygen atoms in total. The summed E-state index contributed by atoms with van der Waals surface area (Å²) in [6, 6.07) is 11.8. The number of halogens is 1. The first-order valence-electron chi connectivity index (χ1n) is 8.22. The third-order valence-electron chi connectivity index (χ3n) is 4.15. The second-order valence-electron chi connectivity index (χ2n) is 5.77. The van der Waals surface area contributed by atoms with Crippen LogP contribution in [0.5, 0.6) is 5.75 Å². The van der Waals surface area contributed by atoms with Crippen molar-refractivity contribution in [2.24, 2.45) is 0 Å². The number of anilines is 2. The lowest BCUT2D eigenvalue weighted by Gasteiger charge is -2.17. The second-order valence-corrected chi connectivity index (χ2v) is 5.77. The second kappa shape index (κ2) is 7.34. The molecule has 1 N–H and O–H groups in total. The third-order valence-corrected chi connectivity index (χ3v) is 4.15. The predicted octanol–water partition coefficient (Wildman–Crippen LogP) is 3.62. The first kappa shape index (κ1) is 16.3. The van der Waals surface area contributed by atoms with Gasteiger partial charge in [-0.3, -0.25) is 4.79 Å². The van der Waals surface area contributed by atoms with Gasteiger partial charge in [0, 0.05) is 24.5 Å². The number of nitrogens with one attached hydrogen (secondary N) is 1. The van der Waals surface area contributed by atoms with E-state index in [0.29, 0.717) is 5.75 Å². The molecule has 1 aliphatic rings. The van der Waals surface area contributed by atoms with Gasteiger partial charge in [-0.1, -0.05) is 6.07 Å². The normalized spacial score (nSPS) is 12.8. The van der Waals surface area contributed by atoms with E-state index < -0.39 is 0 Å². The summed E-state index contributed by atoms with van der Waals surface area (Å²) in [4.78, 5) is 14.4. The maximum absolute atomic E-state index is 12.8. The number of ether oxygens (including phenoxy) is 1. The third kappa shape index (κ3) is 3.85. The molecule has 2 aromatic carbocycles. The zero-order valence-corrected chi connectivity index (χ0v) is 13.7. The Hall–Kier alpha value is -2.56. The minimum atomic E-state index is -0.308. The molecule has 1 heterocycles. The number of amides is 1. The van der Waals surface area contributed by atoms with Crippen LogP contribution in [0, 0.1) is 5.82 Å². The van der Waals surface area contributed by atoms with Crippen molar-refractivity contribution < 1.29 is 13.9 Å². The smallest absolute Gasteiger partial charge is 0.227 e. The topological polar surface area (TPSA) is 41.6 Å². The van der Waals surface area contributed by atoms with Gasteiger partial charge < -0.3 is 15.0 Å². The Morgan fingerprint density at radius 2 is 2.04 bits per heavy atom. The lowest BCUT2D eigenvalue weighted by atomic mass is 10.1. The molecule has 0 saturated heterocycles. The summed E-state index contributed by atoms with van der Waals surface area (Å²) in [6.07, 6.45) is 1.30. The zero-order valence-electron chi connectivity index (χ0n) is 13.7. The van der Waals surface area contributed by atoms with Crippen molar-refractivity contribution in [1.82, 2.24) is 0 Å². The Balaban J connectivity index is 1.51. The monoisotopic (exact) mass is 328 g/mol. The maximum atomic E-state index is 12.8. The van der Waals surface area contributed by atoms with Crippen LogP contribution in [0.1, 0.15) is 18.9 Å². The molecule has 0 unspecified atom stereocenters. The van der Waals surface area contributed by atoms with Gasteiger partial charge >= 0.3 is 0 Å². The number of benzene rings is 2. The van der Waals surface area contributed by atoms with Gasteiger partial charge in [0.05, 0.1) is 13.0 Å². The summed E-state index contributed by atoms with van der Waals surface area (Å²) in [7, 11) is 0. The lowest BCUT2D eigenvalue weighted by molar-refractivity contribution is -0.116. The van der Waals surface area contributed by atoms with E-state index in [0.717, 1.165) is 25.2 Å². The fourth-order valence-corrected chi connectivity index (χ4v) is 2.87. The van der Waals surface area contributed by atoms with Gasteiger partial charge in [-0.25, -0.2) is 4.39 Å². The SMILES string of the molecule is CCN1CCc2ccc(NC(=O)CCOc3ccc(F)cc3)cc21. The summed E-state index contributed by atoms with van der Waals surface area (Å²) in [5.41, 5.74) is 3.34. The van der Waals surface area contributed by atoms with Crippen molar-refractivity contribution >= 4 is 17.3 Å². The summed E-state index contributed by atoms with van der Waals surface area (Å²) >= 11 is 0. The Bertz CT molecular complexity index is 716. The Labute approximate surface area is 141 Å². The van der Waals surface area contributed by atoms with Crippen LogP contribution in [0.3, 0.4) is 0 Å². The van der Waals surface area contributed by atoms with Crippen molar-refractivity contribution in [3.05, 3.63) is 53.8 Å². The van der Waals surface area contributed by atoms with Crippen LogP contribution < -0.4 is 15.0 Å². The molecule has 1 aliphatic heterocycles. The molecule has 0 aromatic heterocycles. The van der Waals surface area contributed by atoms with Gasteiger partial charge in [0.2, 0.25) is 5.91 Å². The van der Waals surface area contributed by atoms with Crippen molar-refractivity contribution in [3.63, 3.8) is 0 Å². The molecular weight excluding hydrogens is 307 g/mol. The molecule has 0 aliphatic carbocycles. The fraction of sp³-hybridized carbons (Fsp3) is 0.316. The molecule has 0 atom stereocenters. The molecule has 0 spiro atoms. The standard InChI is InChI=1S/C19H21FN2O2/c1-2-22-11-9-14-3-6-16(13-18(14)22)21-19(23)10-12-24-17-7-4-15(20)5-8-17/h3-8,13H,2,9-12H2,1H3,(H,21,23). The molecule has 1 amide bonds. The number of carbonyl (C=O) groups is 1. The number of likely N-dealkylation sites (N-methyl/N-ethyl adjacent to an activating group) is 1. The molecule has 0 fully saturated rings. The van der Waals surface area contributed by atoms with Crippen LogP contribution in [0.2, 0.25) is 0 Å². The van der Waals surface area contributed by atoms with E-state index in [2.05, 4.69) is 23.2 Å². The summed E-state index contributed by atoms with van der Waals surface area (Å²) in [5, 5.41) is 2.91. The molecule has 0 saturated carbocycles. The van der Waals surface area contributed by atoms with Crippen LogP contribution in [0.25, 0.3) is 0 Å². The minimum absolute atomic E-state index is 0.0990. The van der Waals surface area contributed by atoms with E-state index in [1.165, 1.54) is 23.4 Å². The highest BCUT2D eigenvalue weighted by molar-refractivity contribution is 5.91. The number of rotatable bonds is 6. The van der Waals surface area contributed by atoms with Gasteiger partial charge in [0.25, 0.3) is 0 Å². The van der Waals surface area contributed by atoms with E-state index in [1.54, 1.807) is 12.1 Å². The first-order chi connectivity index (χ1) is 11.7. The molecule has 0 radical (unpaired) electrons. The maximum Gasteiger partial charge on any atom is 0.227 e. The lowest BCUT2D eigenvalue weighted by Crippen LogP contribution is -2.19. The summed E-state index contributed by atoms with van der Waals surface area (Å²) < 4.78 is 18.2. The Morgan fingerprint density at radius 1 is 1.25 bits per heavy atom. The van der Waals surface area contributed by atoms with Gasteiger partial charge in [-0.05, 0) is 55.3 Å².